The first-order valence-corrected chi connectivity index (χ1v) is 9.22. The monoisotopic (exact) mass is 318 g/mol. The molecule has 0 saturated heterocycles. The first-order valence-electron chi connectivity index (χ1n) is 9.22. The second-order valence-electron chi connectivity index (χ2n) is 5.95. The van der Waals surface area contributed by atoms with Gasteiger partial charge in [0.25, 0.3) is 0 Å². The van der Waals surface area contributed by atoms with Gasteiger partial charge in [0.2, 0.25) is 0 Å². The standard InChI is InChI=1S/C18H38O4/c1-5-8-11-14-20-18(17(4)19,21-15-12-9-6-2)22-16-13-10-7-3/h17,19H,5-16H2,1-4H3. The lowest BCUT2D eigenvalue weighted by Gasteiger charge is -2.35. The predicted molar refractivity (Wildman–Crippen MR) is 90.8 cm³/mol. The summed E-state index contributed by atoms with van der Waals surface area (Å²) in [7, 11) is 0. The fourth-order valence-electron chi connectivity index (χ4n) is 2.19. The first kappa shape index (κ1) is 21.8. The molecule has 0 aromatic rings. The summed E-state index contributed by atoms with van der Waals surface area (Å²) < 4.78 is 17.6. The van der Waals surface area contributed by atoms with E-state index >= 15 is 0 Å². The Kier molecular flexibility index (Phi) is 14.3. The van der Waals surface area contributed by atoms with Gasteiger partial charge >= 0.3 is 5.97 Å². The SMILES string of the molecule is CCCCCOC(OCCCCC)(OCCCCC)C(C)O. The minimum atomic E-state index is -1.30. The van der Waals surface area contributed by atoms with E-state index in [2.05, 4.69) is 20.8 Å². The highest BCUT2D eigenvalue weighted by Crippen LogP contribution is 2.23. The summed E-state index contributed by atoms with van der Waals surface area (Å²) >= 11 is 0. The van der Waals surface area contributed by atoms with Crippen molar-refractivity contribution in [2.24, 2.45) is 0 Å². The summed E-state index contributed by atoms with van der Waals surface area (Å²) in [6.45, 7) is 9.82. The van der Waals surface area contributed by atoms with E-state index in [1.807, 2.05) is 0 Å². The smallest absolute Gasteiger partial charge is 0.310 e. The van der Waals surface area contributed by atoms with Gasteiger partial charge in [0.05, 0.1) is 19.8 Å². The number of unbranched alkanes of at least 4 members (excludes halogenated alkanes) is 6. The molecule has 0 rings (SSSR count). The van der Waals surface area contributed by atoms with Crippen LogP contribution in [0, 0.1) is 0 Å². The molecule has 0 radical (unpaired) electrons. The van der Waals surface area contributed by atoms with Crippen LogP contribution in [0.5, 0.6) is 0 Å². The molecule has 0 heterocycles. The largest absolute Gasteiger partial charge is 0.385 e. The highest BCUT2D eigenvalue weighted by atomic mass is 16.9. The molecule has 0 fully saturated rings. The van der Waals surface area contributed by atoms with Gasteiger partial charge in [-0.2, -0.15) is 0 Å². The van der Waals surface area contributed by atoms with Crippen molar-refractivity contribution in [1.82, 2.24) is 0 Å². The number of hydrogen-bond acceptors (Lipinski definition) is 4. The second kappa shape index (κ2) is 14.4. The lowest BCUT2D eigenvalue weighted by atomic mass is 10.2. The molecule has 0 bridgehead atoms. The molecule has 1 atom stereocenters. The quantitative estimate of drug-likeness (QED) is 0.333. The Hall–Kier alpha value is -0.160. The van der Waals surface area contributed by atoms with E-state index in [1.54, 1.807) is 6.92 Å². The van der Waals surface area contributed by atoms with Gasteiger partial charge in [0, 0.05) is 0 Å². The van der Waals surface area contributed by atoms with Crippen LogP contribution in [0.4, 0.5) is 0 Å². The zero-order chi connectivity index (χ0) is 16.7. The third kappa shape index (κ3) is 9.78. The van der Waals surface area contributed by atoms with Crippen LogP contribution in [0.1, 0.15) is 85.5 Å². The molecule has 4 nitrogen and oxygen atoms in total. The maximum atomic E-state index is 10.2. The Morgan fingerprint density at radius 1 is 0.682 bits per heavy atom. The van der Waals surface area contributed by atoms with E-state index in [4.69, 9.17) is 14.2 Å². The van der Waals surface area contributed by atoms with Gasteiger partial charge in [-0.25, -0.2) is 0 Å². The molecule has 0 aromatic carbocycles. The predicted octanol–water partition coefficient (Wildman–Crippen LogP) is 4.64. The zero-order valence-electron chi connectivity index (χ0n) is 15.2. The average Bonchev–Trinajstić information content (AvgIpc) is 2.51. The highest BCUT2D eigenvalue weighted by Gasteiger charge is 2.39. The lowest BCUT2D eigenvalue weighted by molar-refractivity contribution is -0.411. The summed E-state index contributed by atoms with van der Waals surface area (Å²) in [4.78, 5) is 0. The van der Waals surface area contributed by atoms with Crippen molar-refractivity contribution in [3.05, 3.63) is 0 Å². The third-order valence-electron chi connectivity index (χ3n) is 3.67. The maximum Gasteiger partial charge on any atom is 0.310 e. The molecule has 0 saturated carbocycles. The van der Waals surface area contributed by atoms with E-state index in [0.717, 1.165) is 57.8 Å². The molecule has 0 amide bonds. The number of ether oxygens (including phenoxy) is 3. The van der Waals surface area contributed by atoms with Crippen molar-refractivity contribution in [2.75, 3.05) is 19.8 Å². The molecule has 0 spiro atoms. The summed E-state index contributed by atoms with van der Waals surface area (Å²) in [6, 6.07) is 0. The fourth-order valence-corrected chi connectivity index (χ4v) is 2.19. The lowest BCUT2D eigenvalue weighted by Crippen LogP contribution is -2.49. The van der Waals surface area contributed by atoms with Crippen LogP contribution < -0.4 is 0 Å². The molecule has 134 valence electrons. The van der Waals surface area contributed by atoms with Crippen LogP contribution in [0.2, 0.25) is 0 Å². The van der Waals surface area contributed by atoms with E-state index in [-0.39, 0.29) is 0 Å². The van der Waals surface area contributed by atoms with Crippen molar-refractivity contribution in [3.8, 4) is 0 Å². The van der Waals surface area contributed by atoms with E-state index < -0.39 is 12.1 Å². The Morgan fingerprint density at radius 2 is 1.00 bits per heavy atom. The van der Waals surface area contributed by atoms with Gasteiger partial charge in [0.15, 0.2) is 0 Å². The van der Waals surface area contributed by atoms with Gasteiger partial charge in [-0.05, 0) is 26.2 Å². The maximum absolute atomic E-state index is 10.2. The molecule has 0 aliphatic rings. The van der Waals surface area contributed by atoms with E-state index in [1.165, 1.54) is 0 Å². The summed E-state index contributed by atoms with van der Waals surface area (Å²) in [5.74, 6) is -1.30. The molecule has 0 aliphatic heterocycles. The minimum Gasteiger partial charge on any atom is -0.385 e. The van der Waals surface area contributed by atoms with Gasteiger partial charge in [-0.15, -0.1) is 0 Å². The van der Waals surface area contributed by atoms with Crippen molar-refractivity contribution >= 4 is 0 Å². The van der Waals surface area contributed by atoms with Gasteiger partial charge in [-0.1, -0.05) is 59.3 Å². The summed E-state index contributed by atoms with van der Waals surface area (Å²) in [6.07, 6.45) is 8.83. The molecular weight excluding hydrogens is 280 g/mol. The summed E-state index contributed by atoms with van der Waals surface area (Å²) in [5.41, 5.74) is 0. The molecule has 0 aliphatic carbocycles. The van der Waals surface area contributed by atoms with Crippen molar-refractivity contribution in [2.45, 2.75) is 97.6 Å². The summed E-state index contributed by atoms with van der Waals surface area (Å²) in [5, 5.41) is 10.2. The number of aliphatic hydroxyl groups excluding tert-OH is 1. The van der Waals surface area contributed by atoms with E-state index in [0.29, 0.717) is 19.8 Å². The topological polar surface area (TPSA) is 47.9 Å². The third-order valence-corrected chi connectivity index (χ3v) is 3.67. The number of rotatable bonds is 16. The molecule has 1 unspecified atom stereocenters. The van der Waals surface area contributed by atoms with Crippen LogP contribution in [0.15, 0.2) is 0 Å². The van der Waals surface area contributed by atoms with Crippen LogP contribution >= 0.6 is 0 Å². The van der Waals surface area contributed by atoms with Crippen molar-refractivity contribution < 1.29 is 19.3 Å². The van der Waals surface area contributed by atoms with Crippen LogP contribution in [-0.2, 0) is 14.2 Å². The number of aliphatic hydroxyl groups is 1. The average molecular weight is 318 g/mol. The zero-order valence-corrected chi connectivity index (χ0v) is 15.2. The molecule has 1 N–H and O–H groups in total. The van der Waals surface area contributed by atoms with Gasteiger partial charge in [-0.3, -0.25) is 0 Å². The fraction of sp³-hybridized carbons (Fsp3) is 1.00. The van der Waals surface area contributed by atoms with Crippen LogP contribution in [-0.4, -0.2) is 37.0 Å². The Morgan fingerprint density at radius 3 is 1.23 bits per heavy atom. The molecule has 0 aromatic heterocycles. The first-order chi connectivity index (χ1) is 10.6. The molecule has 22 heavy (non-hydrogen) atoms. The molecular formula is C18H38O4. The van der Waals surface area contributed by atoms with Crippen molar-refractivity contribution in [3.63, 3.8) is 0 Å². The van der Waals surface area contributed by atoms with Gasteiger partial charge < -0.3 is 19.3 Å². The number of hydrogen-bond donors (Lipinski definition) is 1. The Bertz CT molecular complexity index is 200. The van der Waals surface area contributed by atoms with Crippen LogP contribution in [0.25, 0.3) is 0 Å². The van der Waals surface area contributed by atoms with Gasteiger partial charge in [0.1, 0.15) is 6.10 Å². The second-order valence-corrected chi connectivity index (χ2v) is 5.95. The highest BCUT2D eigenvalue weighted by molar-refractivity contribution is 4.66. The van der Waals surface area contributed by atoms with Crippen molar-refractivity contribution in [1.29, 1.82) is 0 Å². The Balaban J connectivity index is 4.48. The normalized spacial score (nSPS) is 13.5. The van der Waals surface area contributed by atoms with Crippen LogP contribution in [0.3, 0.4) is 0 Å². The Labute approximate surface area is 137 Å². The van der Waals surface area contributed by atoms with E-state index in [9.17, 15) is 5.11 Å². The molecule has 4 heteroatoms. The minimum absolute atomic E-state index is 0.556.